The van der Waals surface area contributed by atoms with Gasteiger partial charge in [0.25, 0.3) is 0 Å². The van der Waals surface area contributed by atoms with Crippen molar-refractivity contribution in [1.82, 2.24) is 10.2 Å². The molecule has 1 aromatic carbocycles. The highest BCUT2D eigenvalue weighted by Crippen LogP contribution is 2.38. The van der Waals surface area contributed by atoms with Crippen LogP contribution in [0.15, 0.2) is 29.6 Å². The Bertz CT molecular complexity index is 616. The summed E-state index contributed by atoms with van der Waals surface area (Å²) in [5.74, 6) is -1.04. The van der Waals surface area contributed by atoms with Crippen molar-refractivity contribution in [3.8, 4) is 0 Å². The predicted molar refractivity (Wildman–Crippen MR) is 89.2 cm³/mol. The fourth-order valence-electron chi connectivity index (χ4n) is 2.69. The maximum Gasteiger partial charge on any atom is 0.142 e. The number of thiophene rings is 1. The molecule has 1 atom stereocenters. The second-order valence-corrected chi connectivity index (χ2v) is 6.32. The monoisotopic (exact) mass is 364 g/mol. The van der Waals surface area contributed by atoms with Crippen LogP contribution in [0, 0.1) is 11.6 Å². The van der Waals surface area contributed by atoms with Gasteiger partial charge in [0.1, 0.15) is 11.6 Å². The molecular weight excluding hydrogens is 349 g/mol. The zero-order valence-electron chi connectivity index (χ0n) is 11.7. The van der Waals surface area contributed by atoms with Gasteiger partial charge in [-0.3, -0.25) is 4.90 Å². The van der Waals surface area contributed by atoms with Crippen molar-refractivity contribution in [2.45, 2.75) is 6.04 Å². The first-order valence-electron chi connectivity index (χ1n) is 6.80. The molecule has 2 nitrogen and oxygen atoms in total. The second-order valence-electron chi connectivity index (χ2n) is 4.96. The Morgan fingerprint density at radius 2 is 1.82 bits per heavy atom. The molecule has 0 spiro atoms. The molecule has 1 aliphatic rings. The lowest BCUT2D eigenvalue weighted by molar-refractivity contribution is 0.197. The van der Waals surface area contributed by atoms with Gasteiger partial charge in [0.05, 0.1) is 11.1 Å². The zero-order chi connectivity index (χ0) is 14.8. The van der Waals surface area contributed by atoms with E-state index in [1.54, 1.807) is 0 Å². The van der Waals surface area contributed by atoms with Crippen LogP contribution in [0.25, 0.3) is 0 Å². The number of nitrogens with one attached hydrogen (secondary N) is 1. The third-order valence-corrected chi connectivity index (χ3v) is 4.99. The standard InChI is InChI=1S/C15H15ClF2N2S.ClH/c16-14-11(18)4-3-10(17)13(14)15(12-2-1-9-21-12)20-7-5-19-6-8-20;/h1-4,9,15,19H,5-8H2;1H/t15-;/m1./s1. The Balaban J connectivity index is 0.00000176. The highest BCUT2D eigenvalue weighted by atomic mass is 35.5. The summed E-state index contributed by atoms with van der Waals surface area (Å²) in [6.07, 6.45) is 0. The highest BCUT2D eigenvalue weighted by Gasteiger charge is 2.30. The Morgan fingerprint density at radius 1 is 1.14 bits per heavy atom. The van der Waals surface area contributed by atoms with Gasteiger partial charge in [-0.25, -0.2) is 8.78 Å². The Labute approximate surface area is 143 Å². The van der Waals surface area contributed by atoms with Crippen LogP contribution in [0.2, 0.25) is 5.02 Å². The van der Waals surface area contributed by atoms with Gasteiger partial charge in [-0.15, -0.1) is 23.7 Å². The molecule has 0 amide bonds. The molecule has 1 aliphatic heterocycles. The molecule has 0 radical (unpaired) electrons. The maximum atomic E-state index is 14.3. The summed E-state index contributed by atoms with van der Waals surface area (Å²) in [6.45, 7) is 3.20. The molecule has 7 heteroatoms. The van der Waals surface area contributed by atoms with E-state index in [9.17, 15) is 8.78 Å². The molecule has 0 unspecified atom stereocenters. The summed E-state index contributed by atoms with van der Waals surface area (Å²) in [5.41, 5.74) is 0.237. The molecule has 3 rings (SSSR count). The highest BCUT2D eigenvalue weighted by molar-refractivity contribution is 7.10. The van der Waals surface area contributed by atoms with E-state index in [2.05, 4.69) is 10.2 Å². The van der Waals surface area contributed by atoms with Gasteiger partial charge in [0.2, 0.25) is 0 Å². The van der Waals surface area contributed by atoms with Crippen molar-refractivity contribution in [3.05, 3.63) is 56.7 Å². The van der Waals surface area contributed by atoms with Gasteiger partial charge in [0.15, 0.2) is 0 Å². The number of piperazine rings is 1. The summed E-state index contributed by atoms with van der Waals surface area (Å²) >= 11 is 7.61. The van der Waals surface area contributed by atoms with Crippen LogP contribution in [0.3, 0.4) is 0 Å². The molecule has 2 aromatic rings. The van der Waals surface area contributed by atoms with E-state index in [1.165, 1.54) is 11.3 Å². The fraction of sp³-hybridized carbons (Fsp3) is 0.333. The average Bonchev–Trinajstić information content (AvgIpc) is 3.02. The van der Waals surface area contributed by atoms with Crippen LogP contribution >= 0.6 is 35.3 Å². The topological polar surface area (TPSA) is 15.3 Å². The lowest BCUT2D eigenvalue weighted by Crippen LogP contribution is -2.45. The summed E-state index contributed by atoms with van der Waals surface area (Å²) < 4.78 is 28.1. The van der Waals surface area contributed by atoms with Crippen molar-refractivity contribution in [2.75, 3.05) is 26.2 Å². The van der Waals surface area contributed by atoms with Crippen LogP contribution in [0.1, 0.15) is 16.5 Å². The molecule has 120 valence electrons. The van der Waals surface area contributed by atoms with Gasteiger partial charge < -0.3 is 5.32 Å². The average molecular weight is 365 g/mol. The maximum absolute atomic E-state index is 14.3. The quantitative estimate of drug-likeness (QED) is 0.824. The number of benzene rings is 1. The van der Waals surface area contributed by atoms with Crippen molar-refractivity contribution in [1.29, 1.82) is 0 Å². The Morgan fingerprint density at radius 3 is 2.45 bits per heavy atom. The van der Waals surface area contributed by atoms with E-state index >= 15 is 0 Å². The smallest absolute Gasteiger partial charge is 0.142 e. The lowest BCUT2D eigenvalue weighted by atomic mass is 10.0. The molecule has 0 bridgehead atoms. The first-order chi connectivity index (χ1) is 10.2. The van der Waals surface area contributed by atoms with E-state index in [1.807, 2.05) is 17.5 Å². The molecular formula is C15H16Cl2F2N2S. The zero-order valence-corrected chi connectivity index (χ0v) is 14.1. The third kappa shape index (κ3) is 3.44. The number of hydrogen-bond donors (Lipinski definition) is 1. The van der Waals surface area contributed by atoms with Crippen LogP contribution in [-0.4, -0.2) is 31.1 Å². The van der Waals surface area contributed by atoms with E-state index in [4.69, 9.17) is 11.6 Å². The van der Waals surface area contributed by atoms with Crippen LogP contribution in [-0.2, 0) is 0 Å². The summed E-state index contributed by atoms with van der Waals surface area (Å²) in [5, 5.41) is 5.09. The van der Waals surface area contributed by atoms with Gasteiger partial charge in [-0.1, -0.05) is 17.7 Å². The normalized spacial score (nSPS) is 17.0. The molecule has 1 saturated heterocycles. The van der Waals surface area contributed by atoms with Crippen LogP contribution in [0.4, 0.5) is 8.78 Å². The van der Waals surface area contributed by atoms with E-state index in [0.29, 0.717) is 0 Å². The molecule has 1 fully saturated rings. The molecule has 2 heterocycles. The SMILES string of the molecule is Cl.Fc1ccc(F)c([C@@H](c2cccs2)N2CCNCC2)c1Cl. The first kappa shape index (κ1) is 17.6. The minimum absolute atomic E-state index is 0. The van der Waals surface area contributed by atoms with E-state index in [-0.39, 0.29) is 29.0 Å². The molecule has 1 aromatic heterocycles. The van der Waals surface area contributed by atoms with Crippen LogP contribution < -0.4 is 5.32 Å². The van der Waals surface area contributed by atoms with Gasteiger partial charge >= 0.3 is 0 Å². The Kier molecular flexibility index (Phi) is 6.17. The van der Waals surface area contributed by atoms with Gasteiger partial charge in [-0.2, -0.15) is 0 Å². The van der Waals surface area contributed by atoms with Gasteiger partial charge in [-0.05, 0) is 23.6 Å². The summed E-state index contributed by atoms with van der Waals surface area (Å²) in [6, 6.07) is 5.75. The summed E-state index contributed by atoms with van der Waals surface area (Å²) in [4.78, 5) is 3.12. The number of hydrogen-bond acceptors (Lipinski definition) is 3. The molecule has 0 aliphatic carbocycles. The molecule has 0 saturated carbocycles. The van der Waals surface area contributed by atoms with Crippen molar-refractivity contribution < 1.29 is 8.78 Å². The molecule has 1 N–H and O–H groups in total. The lowest BCUT2D eigenvalue weighted by Gasteiger charge is -2.35. The first-order valence-corrected chi connectivity index (χ1v) is 8.06. The van der Waals surface area contributed by atoms with E-state index < -0.39 is 11.6 Å². The summed E-state index contributed by atoms with van der Waals surface area (Å²) in [7, 11) is 0. The Hall–Kier alpha value is -0.720. The van der Waals surface area contributed by atoms with Crippen molar-refractivity contribution in [2.24, 2.45) is 0 Å². The second kappa shape index (κ2) is 7.70. The minimum atomic E-state index is -0.579. The minimum Gasteiger partial charge on any atom is -0.314 e. The molecule has 22 heavy (non-hydrogen) atoms. The largest absolute Gasteiger partial charge is 0.314 e. The number of halogens is 4. The third-order valence-electron chi connectivity index (χ3n) is 3.68. The fourth-order valence-corrected chi connectivity index (χ4v) is 3.81. The number of nitrogens with zero attached hydrogens (tertiary/aromatic N) is 1. The van der Waals surface area contributed by atoms with Crippen molar-refractivity contribution in [3.63, 3.8) is 0 Å². The van der Waals surface area contributed by atoms with Crippen molar-refractivity contribution >= 4 is 35.3 Å². The van der Waals surface area contributed by atoms with E-state index in [0.717, 1.165) is 43.2 Å². The predicted octanol–water partition coefficient (Wildman–Crippen LogP) is 4.10. The number of rotatable bonds is 3. The van der Waals surface area contributed by atoms with Crippen LogP contribution in [0.5, 0.6) is 0 Å². The van der Waals surface area contributed by atoms with Gasteiger partial charge in [0, 0.05) is 36.6 Å².